The average molecular weight is 411 g/mol. The van der Waals surface area contributed by atoms with E-state index < -0.39 is 5.60 Å². The van der Waals surface area contributed by atoms with Crippen LogP contribution in [-0.4, -0.2) is 47.3 Å². The standard InChI is InChI=1S/C23H30N4O3/c1-23(2,29)17-8-6-16(7-9-17)19-12-24-21-22(25-19)27(14-20(28)26-21)13-15-4-10-18(30-3)11-5-15/h6-9,12,15,18,29H,4-5,10-11,13-14H2,1-3H3,(H,24,26,28). The molecule has 2 aromatic rings. The highest BCUT2D eigenvalue weighted by Crippen LogP contribution is 2.33. The molecule has 1 amide bonds. The Morgan fingerprint density at radius 1 is 1.20 bits per heavy atom. The number of nitrogens with zero attached hydrogens (tertiary/aromatic N) is 3. The first-order valence-corrected chi connectivity index (χ1v) is 10.6. The molecule has 2 N–H and O–H groups in total. The lowest BCUT2D eigenvalue weighted by Gasteiger charge is -2.35. The van der Waals surface area contributed by atoms with Gasteiger partial charge in [-0.15, -0.1) is 0 Å². The molecular weight excluding hydrogens is 380 g/mol. The molecule has 7 nitrogen and oxygen atoms in total. The van der Waals surface area contributed by atoms with Crippen LogP contribution in [0.5, 0.6) is 0 Å². The largest absolute Gasteiger partial charge is 0.386 e. The summed E-state index contributed by atoms with van der Waals surface area (Å²) in [6, 6.07) is 7.71. The number of nitrogens with one attached hydrogen (secondary N) is 1. The van der Waals surface area contributed by atoms with Crippen LogP contribution < -0.4 is 10.2 Å². The molecular formula is C23H30N4O3. The van der Waals surface area contributed by atoms with E-state index in [1.165, 1.54) is 0 Å². The number of aliphatic hydroxyl groups is 1. The molecule has 160 valence electrons. The van der Waals surface area contributed by atoms with E-state index in [0.717, 1.165) is 54.9 Å². The van der Waals surface area contributed by atoms with E-state index in [9.17, 15) is 9.90 Å². The number of ether oxygens (including phenoxy) is 1. The quantitative estimate of drug-likeness (QED) is 0.786. The second-order valence-corrected chi connectivity index (χ2v) is 8.87. The van der Waals surface area contributed by atoms with Crippen LogP contribution in [0.4, 0.5) is 11.6 Å². The summed E-state index contributed by atoms with van der Waals surface area (Å²) in [5.74, 6) is 1.72. The third-order valence-corrected chi connectivity index (χ3v) is 6.14. The number of carbonyl (C=O) groups is 1. The van der Waals surface area contributed by atoms with E-state index in [4.69, 9.17) is 9.72 Å². The Bertz CT molecular complexity index is 900. The van der Waals surface area contributed by atoms with Gasteiger partial charge in [0, 0.05) is 19.2 Å². The molecule has 1 aliphatic carbocycles. The first kappa shape index (κ1) is 20.8. The van der Waals surface area contributed by atoms with Crippen LogP contribution in [0.15, 0.2) is 30.5 Å². The van der Waals surface area contributed by atoms with Gasteiger partial charge in [0.1, 0.15) is 0 Å². The lowest BCUT2D eigenvalue weighted by Crippen LogP contribution is -2.42. The second kappa shape index (κ2) is 8.32. The number of methoxy groups -OCH3 is 1. The Morgan fingerprint density at radius 3 is 2.53 bits per heavy atom. The lowest BCUT2D eigenvalue weighted by atomic mass is 9.87. The maximum Gasteiger partial charge on any atom is 0.245 e. The molecule has 0 radical (unpaired) electrons. The Balaban J connectivity index is 1.56. The summed E-state index contributed by atoms with van der Waals surface area (Å²) in [6.45, 7) is 4.63. The first-order chi connectivity index (χ1) is 14.3. The van der Waals surface area contributed by atoms with Gasteiger partial charge in [0.15, 0.2) is 11.6 Å². The summed E-state index contributed by atoms with van der Waals surface area (Å²) in [4.78, 5) is 23.6. The number of carbonyl (C=O) groups excluding carboxylic acids is 1. The van der Waals surface area contributed by atoms with E-state index in [2.05, 4.69) is 15.2 Å². The number of hydrogen-bond donors (Lipinski definition) is 2. The number of hydrogen-bond acceptors (Lipinski definition) is 6. The van der Waals surface area contributed by atoms with E-state index in [-0.39, 0.29) is 5.91 Å². The number of fused-ring (bicyclic) bond motifs is 1. The summed E-state index contributed by atoms with van der Waals surface area (Å²) in [5, 5.41) is 13.0. The second-order valence-electron chi connectivity index (χ2n) is 8.87. The van der Waals surface area contributed by atoms with Gasteiger partial charge in [-0.25, -0.2) is 9.97 Å². The number of rotatable bonds is 5. The lowest BCUT2D eigenvalue weighted by molar-refractivity contribution is -0.115. The predicted octanol–water partition coefficient (Wildman–Crippen LogP) is 3.33. The molecule has 2 heterocycles. The third kappa shape index (κ3) is 4.47. The van der Waals surface area contributed by atoms with Gasteiger partial charge in [-0.3, -0.25) is 4.79 Å². The van der Waals surface area contributed by atoms with Crippen molar-refractivity contribution in [3.8, 4) is 11.3 Å². The Hall–Kier alpha value is -2.51. The molecule has 4 rings (SSSR count). The number of amides is 1. The van der Waals surface area contributed by atoms with Gasteiger partial charge in [-0.2, -0.15) is 0 Å². The van der Waals surface area contributed by atoms with Crippen LogP contribution in [0.1, 0.15) is 45.1 Å². The van der Waals surface area contributed by atoms with Gasteiger partial charge in [0.05, 0.1) is 30.1 Å². The van der Waals surface area contributed by atoms with Gasteiger partial charge in [0.2, 0.25) is 5.91 Å². The molecule has 0 spiro atoms. The average Bonchev–Trinajstić information content (AvgIpc) is 2.73. The van der Waals surface area contributed by atoms with Crippen LogP contribution in [0.25, 0.3) is 11.3 Å². The number of aromatic nitrogens is 2. The van der Waals surface area contributed by atoms with E-state index in [0.29, 0.717) is 24.4 Å². The topological polar surface area (TPSA) is 87.6 Å². The van der Waals surface area contributed by atoms with Crippen LogP contribution >= 0.6 is 0 Å². The van der Waals surface area contributed by atoms with Crippen LogP contribution in [0.3, 0.4) is 0 Å². The molecule has 0 saturated heterocycles. The smallest absolute Gasteiger partial charge is 0.245 e. The van der Waals surface area contributed by atoms with Crippen molar-refractivity contribution in [2.24, 2.45) is 5.92 Å². The van der Waals surface area contributed by atoms with Crippen molar-refractivity contribution in [2.45, 2.75) is 51.2 Å². The van der Waals surface area contributed by atoms with Crippen LogP contribution in [0, 0.1) is 5.92 Å². The minimum atomic E-state index is -0.886. The maximum atomic E-state index is 12.2. The first-order valence-electron chi connectivity index (χ1n) is 10.6. The van der Waals surface area contributed by atoms with Gasteiger partial charge in [0.25, 0.3) is 0 Å². The molecule has 1 aliphatic heterocycles. The van der Waals surface area contributed by atoms with Crippen molar-refractivity contribution < 1.29 is 14.6 Å². The highest BCUT2D eigenvalue weighted by molar-refractivity contribution is 5.99. The normalized spacial score (nSPS) is 21.9. The Labute approximate surface area is 177 Å². The van der Waals surface area contributed by atoms with Crippen molar-refractivity contribution >= 4 is 17.5 Å². The zero-order chi connectivity index (χ0) is 21.3. The zero-order valence-electron chi connectivity index (χ0n) is 17.9. The van der Waals surface area contributed by atoms with Gasteiger partial charge in [-0.1, -0.05) is 24.3 Å². The van der Waals surface area contributed by atoms with Crippen molar-refractivity contribution in [3.63, 3.8) is 0 Å². The van der Waals surface area contributed by atoms with E-state index in [1.807, 2.05) is 24.3 Å². The van der Waals surface area contributed by atoms with Gasteiger partial charge < -0.3 is 20.1 Å². The van der Waals surface area contributed by atoms with Crippen molar-refractivity contribution in [3.05, 3.63) is 36.0 Å². The van der Waals surface area contributed by atoms with Crippen molar-refractivity contribution in [1.82, 2.24) is 9.97 Å². The summed E-state index contributed by atoms with van der Waals surface area (Å²) >= 11 is 0. The molecule has 0 bridgehead atoms. The molecule has 1 saturated carbocycles. The van der Waals surface area contributed by atoms with E-state index >= 15 is 0 Å². The highest BCUT2D eigenvalue weighted by atomic mass is 16.5. The van der Waals surface area contributed by atoms with E-state index in [1.54, 1.807) is 27.2 Å². The van der Waals surface area contributed by atoms with Crippen LogP contribution in [-0.2, 0) is 15.1 Å². The molecule has 1 fully saturated rings. The summed E-state index contributed by atoms with van der Waals surface area (Å²) in [5.41, 5.74) is 1.64. The Morgan fingerprint density at radius 2 is 1.90 bits per heavy atom. The fourth-order valence-electron chi connectivity index (χ4n) is 4.31. The van der Waals surface area contributed by atoms with Crippen molar-refractivity contribution in [2.75, 3.05) is 30.4 Å². The monoisotopic (exact) mass is 410 g/mol. The fourth-order valence-corrected chi connectivity index (χ4v) is 4.31. The molecule has 0 unspecified atom stereocenters. The SMILES string of the molecule is COC1CCC(CN2CC(=O)Nc3ncc(-c4ccc(C(C)(C)O)cc4)nc32)CC1. The molecule has 30 heavy (non-hydrogen) atoms. The minimum absolute atomic E-state index is 0.0512. The highest BCUT2D eigenvalue weighted by Gasteiger charge is 2.29. The summed E-state index contributed by atoms with van der Waals surface area (Å²) < 4.78 is 5.48. The molecule has 2 aliphatic rings. The van der Waals surface area contributed by atoms with Gasteiger partial charge in [-0.05, 0) is 51.0 Å². The number of anilines is 2. The number of benzene rings is 1. The predicted molar refractivity (Wildman–Crippen MR) is 116 cm³/mol. The zero-order valence-corrected chi connectivity index (χ0v) is 17.9. The third-order valence-electron chi connectivity index (χ3n) is 6.14. The summed E-state index contributed by atoms with van der Waals surface area (Å²) in [7, 11) is 1.78. The van der Waals surface area contributed by atoms with Crippen molar-refractivity contribution in [1.29, 1.82) is 0 Å². The summed E-state index contributed by atoms with van der Waals surface area (Å²) in [6.07, 6.45) is 6.36. The molecule has 0 atom stereocenters. The Kier molecular flexibility index (Phi) is 5.75. The molecule has 7 heteroatoms. The fraction of sp³-hybridized carbons (Fsp3) is 0.522. The maximum absolute atomic E-state index is 12.2. The van der Waals surface area contributed by atoms with Crippen LogP contribution in [0.2, 0.25) is 0 Å². The van der Waals surface area contributed by atoms with Gasteiger partial charge >= 0.3 is 0 Å². The molecule has 1 aromatic heterocycles. The minimum Gasteiger partial charge on any atom is -0.386 e. The molecule has 1 aromatic carbocycles.